The molecule has 4 nitrogen and oxygen atoms in total. The molecule has 1 saturated carbocycles. The van der Waals surface area contributed by atoms with E-state index in [0.29, 0.717) is 13.2 Å². The molecule has 3 aliphatic carbocycles. The normalized spacial score (nSPS) is 40.7. The SMILES string of the molecule is O=C1[C@@]2(Br)C=C(Br)[C@H](C[C@@H]2OCCCCCCO)[C@@]12CO2. The number of hydrogen-bond donors (Lipinski definition) is 1. The van der Waals surface area contributed by atoms with E-state index in [4.69, 9.17) is 14.6 Å². The van der Waals surface area contributed by atoms with Crippen LogP contribution in [0.2, 0.25) is 0 Å². The Morgan fingerprint density at radius 2 is 2.10 bits per heavy atom. The standard InChI is InChI=1S/C15H20Br2O4/c16-11-8-14(17)12(20-6-4-2-1-3-5-18)7-10(11)15(9-21-15)13(14)19/h8,10,12,18H,1-7,9H2/t10-,12-,14+,15-/m0/s1. The number of aliphatic hydroxyl groups excluding tert-OH is 1. The van der Waals surface area contributed by atoms with Gasteiger partial charge in [-0.15, -0.1) is 0 Å². The molecular weight excluding hydrogens is 404 g/mol. The first-order chi connectivity index (χ1) is 10.0. The van der Waals surface area contributed by atoms with Gasteiger partial charge in [0.1, 0.15) is 4.32 Å². The maximum absolute atomic E-state index is 12.7. The molecule has 2 fully saturated rings. The smallest absolute Gasteiger partial charge is 0.190 e. The van der Waals surface area contributed by atoms with Crippen LogP contribution in [0.25, 0.3) is 0 Å². The van der Waals surface area contributed by atoms with Crippen LogP contribution in [0.5, 0.6) is 0 Å². The second-order valence-electron chi connectivity index (χ2n) is 6.09. The molecule has 0 aromatic heterocycles. The van der Waals surface area contributed by atoms with Crippen LogP contribution in [-0.4, -0.2) is 46.7 Å². The third-order valence-electron chi connectivity index (χ3n) is 4.72. The number of ether oxygens (including phenoxy) is 2. The summed E-state index contributed by atoms with van der Waals surface area (Å²) in [6.45, 7) is 1.44. The quantitative estimate of drug-likeness (QED) is 0.388. The molecule has 21 heavy (non-hydrogen) atoms. The van der Waals surface area contributed by atoms with Gasteiger partial charge in [-0.05, 0) is 29.8 Å². The van der Waals surface area contributed by atoms with E-state index in [9.17, 15) is 4.79 Å². The van der Waals surface area contributed by atoms with Crippen LogP contribution in [0.3, 0.4) is 0 Å². The lowest BCUT2D eigenvalue weighted by molar-refractivity contribution is -0.137. The van der Waals surface area contributed by atoms with Crippen molar-refractivity contribution in [2.45, 2.75) is 48.1 Å². The summed E-state index contributed by atoms with van der Waals surface area (Å²) in [6.07, 6.45) is 6.52. The number of carbonyl (C=O) groups is 1. The monoisotopic (exact) mass is 422 g/mol. The molecule has 1 aliphatic heterocycles. The summed E-state index contributed by atoms with van der Waals surface area (Å²) in [5, 5.41) is 8.74. The second kappa shape index (κ2) is 6.04. The van der Waals surface area contributed by atoms with E-state index >= 15 is 0 Å². The fourth-order valence-corrected chi connectivity index (χ4v) is 5.52. The highest BCUT2D eigenvalue weighted by molar-refractivity contribution is 9.12. The van der Waals surface area contributed by atoms with Crippen LogP contribution >= 0.6 is 31.9 Å². The van der Waals surface area contributed by atoms with Gasteiger partial charge in [0, 0.05) is 19.1 Å². The van der Waals surface area contributed by atoms with Crippen molar-refractivity contribution in [1.29, 1.82) is 0 Å². The van der Waals surface area contributed by atoms with E-state index in [1.165, 1.54) is 0 Å². The predicted molar refractivity (Wildman–Crippen MR) is 85.8 cm³/mol. The predicted octanol–water partition coefficient (Wildman–Crippen LogP) is 2.71. The molecule has 0 unspecified atom stereocenters. The number of hydrogen-bond acceptors (Lipinski definition) is 4. The van der Waals surface area contributed by atoms with Crippen LogP contribution in [0.1, 0.15) is 32.1 Å². The van der Waals surface area contributed by atoms with E-state index in [1.807, 2.05) is 6.08 Å². The third-order valence-corrected chi connectivity index (χ3v) is 6.60. The molecule has 4 rings (SSSR count). The first kappa shape index (κ1) is 16.1. The van der Waals surface area contributed by atoms with Crippen LogP contribution in [0.15, 0.2) is 10.6 Å². The molecule has 6 heteroatoms. The van der Waals surface area contributed by atoms with Gasteiger partial charge in [-0.25, -0.2) is 0 Å². The molecule has 0 amide bonds. The Morgan fingerprint density at radius 1 is 1.38 bits per heavy atom. The van der Waals surface area contributed by atoms with Crippen molar-refractivity contribution < 1.29 is 19.4 Å². The van der Waals surface area contributed by atoms with Crippen LogP contribution in [0, 0.1) is 5.92 Å². The van der Waals surface area contributed by atoms with E-state index in [0.717, 1.165) is 36.6 Å². The lowest BCUT2D eigenvalue weighted by Crippen LogP contribution is -2.62. The summed E-state index contributed by atoms with van der Waals surface area (Å²) in [5.41, 5.74) is -0.599. The fraction of sp³-hybridized carbons (Fsp3) is 0.800. The van der Waals surface area contributed by atoms with Crippen molar-refractivity contribution in [3.05, 3.63) is 10.6 Å². The third kappa shape index (κ3) is 2.67. The van der Waals surface area contributed by atoms with Gasteiger partial charge in [-0.1, -0.05) is 44.7 Å². The Kier molecular flexibility index (Phi) is 4.64. The highest BCUT2D eigenvalue weighted by Gasteiger charge is 2.71. The number of halogens is 2. The molecule has 118 valence electrons. The van der Waals surface area contributed by atoms with Gasteiger partial charge in [0.2, 0.25) is 0 Å². The average Bonchev–Trinajstić information content (AvgIpc) is 3.23. The van der Waals surface area contributed by atoms with Crippen molar-refractivity contribution in [2.24, 2.45) is 5.92 Å². The molecule has 4 atom stereocenters. The summed E-state index contributed by atoms with van der Waals surface area (Å²) in [6, 6.07) is 0. The van der Waals surface area contributed by atoms with Gasteiger partial charge < -0.3 is 14.6 Å². The zero-order valence-corrected chi connectivity index (χ0v) is 15.0. The number of rotatable bonds is 7. The summed E-state index contributed by atoms with van der Waals surface area (Å²) in [4.78, 5) is 12.7. The molecule has 1 spiro atoms. The van der Waals surface area contributed by atoms with Crippen molar-refractivity contribution in [3.8, 4) is 0 Å². The highest BCUT2D eigenvalue weighted by atomic mass is 79.9. The number of Topliss-reactive ketones (excluding diaryl/α,β-unsaturated/α-hetero) is 1. The zero-order chi connectivity index (χ0) is 15.1. The molecule has 0 aromatic carbocycles. The summed E-state index contributed by atoms with van der Waals surface area (Å²) >= 11 is 7.20. The second-order valence-corrected chi connectivity index (χ2v) is 8.32. The maximum Gasteiger partial charge on any atom is 0.190 e. The molecule has 2 bridgehead atoms. The van der Waals surface area contributed by atoms with E-state index < -0.39 is 9.93 Å². The summed E-state index contributed by atoms with van der Waals surface area (Å²) < 4.78 is 11.8. The molecule has 0 aromatic rings. The van der Waals surface area contributed by atoms with Crippen LogP contribution in [0.4, 0.5) is 0 Å². The fourth-order valence-electron chi connectivity index (χ4n) is 3.39. The number of fused-ring (bicyclic) bond motifs is 1. The van der Waals surface area contributed by atoms with Gasteiger partial charge in [-0.3, -0.25) is 4.79 Å². The van der Waals surface area contributed by atoms with E-state index in [1.54, 1.807) is 0 Å². The van der Waals surface area contributed by atoms with Gasteiger partial charge in [0.25, 0.3) is 0 Å². The van der Waals surface area contributed by atoms with Crippen molar-refractivity contribution in [2.75, 3.05) is 19.8 Å². The lowest BCUT2D eigenvalue weighted by atomic mass is 9.66. The minimum absolute atomic E-state index is 0.101. The van der Waals surface area contributed by atoms with Gasteiger partial charge in [0.05, 0.1) is 12.7 Å². The Morgan fingerprint density at radius 3 is 2.76 bits per heavy atom. The molecule has 4 aliphatic rings. The number of aliphatic hydroxyl groups is 1. The highest BCUT2D eigenvalue weighted by Crippen LogP contribution is 2.59. The molecule has 0 radical (unpaired) electrons. The topological polar surface area (TPSA) is 59.1 Å². The molecule has 1 heterocycles. The van der Waals surface area contributed by atoms with Crippen molar-refractivity contribution >= 4 is 37.6 Å². The lowest BCUT2D eigenvalue weighted by Gasteiger charge is -2.47. The van der Waals surface area contributed by atoms with Gasteiger partial charge >= 0.3 is 0 Å². The van der Waals surface area contributed by atoms with Crippen LogP contribution in [-0.2, 0) is 14.3 Å². The molecular formula is C15H20Br2O4. The largest absolute Gasteiger partial charge is 0.396 e. The number of alkyl halides is 1. The average molecular weight is 424 g/mol. The Bertz CT molecular complexity index is 461. The summed E-state index contributed by atoms with van der Waals surface area (Å²) in [5.74, 6) is 0.212. The Labute approximate surface area is 141 Å². The number of carbonyl (C=O) groups excluding carboxylic acids is 1. The minimum atomic E-state index is -0.748. The zero-order valence-electron chi connectivity index (χ0n) is 11.8. The minimum Gasteiger partial charge on any atom is -0.396 e. The number of ketones is 1. The maximum atomic E-state index is 12.7. The van der Waals surface area contributed by atoms with Gasteiger partial charge in [-0.2, -0.15) is 0 Å². The van der Waals surface area contributed by atoms with Gasteiger partial charge in [0.15, 0.2) is 11.4 Å². The van der Waals surface area contributed by atoms with E-state index in [-0.39, 0.29) is 24.4 Å². The number of unbranched alkanes of at least 4 members (excludes halogenated alkanes) is 3. The molecule has 1 N–H and O–H groups in total. The van der Waals surface area contributed by atoms with Crippen molar-refractivity contribution in [3.63, 3.8) is 0 Å². The summed E-state index contributed by atoms with van der Waals surface area (Å²) in [7, 11) is 0. The van der Waals surface area contributed by atoms with Crippen molar-refractivity contribution in [1.82, 2.24) is 0 Å². The van der Waals surface area contributed by atoms with Crippen LogP contribution < -0.4 is 0 Å². The molecule has 1 saturated heterocycles. The first-order valence-electron chi connectivity index (χ1n) is 7.53. The Balaban J connectivity index is 1.58. The Hall–Kier alpha value is 0.250. The number of epoxide rings is 1. The first-order valence-corrected chi connectivity index (χ1v) is 9.11. The van der Waals surface area contributed by atoms with E-state index in [2.05, 4.69) is 31.9 Å².